The van der Waals surface area contributed by atoms with Crippen LogP contribution in [0.3, 0.4) is 0 Å². The first-order valence-corrected chi connectivity index (χ1v) is 6.45. The zero-order chi connectivity index (χ0) is 13.2. The van der Waals surface area contributed by atoms with E-state index in [-0.39, 0.29) is 0 Å². The Kier molecular flexibility index (Phi) is 3.73. The molecule has 3 nitrogen and oxygen atoms in total. The normalized spacial score (nSPS) is 14.4. The van der Waals surface area contributed by atoms with Crippen LogP contribution in [0.4, 0.5) is 0 Å². The molecule has 2 rings (SSSR count). The molecule has 0 radical (unpaired) electrons. The molecule has 2 aromatic rings. The van der Waals surface area contributed by atoms with Gasteiger partial charge in [0.2, 0.25) is 0 Å². The maximum Gasteiger partial charge on any atom is 0.130 e. The number of aliphatic hydroxyl groups is 1. The van der Waals surface area contributed by atoms with E-state index in [0.29, 0.717) is 10.6 Å². The number of aryl methyl sites for hydroxylation is 1. The first kappa shape index (κ1) is 13.1. The van der Waals surface area contributed by atoms with Crippen LogP contribution in [-0.4, -0.2) is 14.9 Å². The van der Waals surface area contributed by atoms with Crippen LogP contribution in [0, 0.1) is 0 Å². The molecule has 0 aliphatic carbocycles. The standard InChI is InChI=1S/C14H17ClN2O/c1-3-10-17-13(8-9-16-17)14(2,18)11-6-4-5-7-12(11)15/h4-9,18H,3,10H2,1-2H3. The summed E-state index contributed by atoms with van der Waals surface area (Å²) in [5.41, 5.74) is 0.325. The Hall–Kier alpha value is -1.32. The topological polar surface area (TPSA) is 38.0 Å². The first-order valence-electron chi connectivity index (χ1n) is 6.07. The Balaban J connectivity index is 2.47. The molecule has 0 saturated heterocycles. The van der Waals surface area contributed by atoms with Crippen molar-refractivity contribution in [3.63, 3.8) is 0 Å². The van der Waals surface area contributed by atoms with Gasteiger partial charge in [0.25, 0.3) is 0 Å². The van der Waals surface area contributed by atoms with Gasteiger partial charge in [-0.2, -0.15) is 5.10 Å². The largest absolute Gasteiger partial charge is 0.379 e. The second-order valence-corrected chi connectivity index (χ2v) is 4.90. The number of benzene rings is 1. The molecule has 0 amide bonds. The van der Waals surface area contributed by atoms with Gasteiger partial charge in [-0.15, -0.1) is 0 Å². The van der Waals surface area contributed by atoms with Gasteiger partial charge in [0.1, 0.15) is 5.60 Å². The van der Waals surface area contributed by atoms with Crippen molar-refractivity contribution in [1.82, 2.24) is 9.78 Å². The molecule has 0 aliphatic rings. The van der Waals surface area contributed by atoms with Gasteiger partial charge in [-0.25, -0.2) is 0 Å². The van der Waals surface area contributed by atoms with E-state index in [2.05, 4.69) is 12.0 Å². The van der Waals surface area contributed by atoms with Crippen molar-refractivity contribution in [2.75, 3.05) is 0 Å². The quantitative estimate of drug-likeness (QED) is 0.921. The van der Waals surface area contributed by atoms with Crippen LogP contribution in [0.2, 0.25) is 5.02 Å². The summed E-state index contributed by atoms with van der Waals surface area (Å²) in [6.07, 6.45) is 2.67. The monoisotopic (exact) mass is 264 g/mol. The van der Waals surface area contributed by atoms with Crippen molar-refractivity contribution in [2.45, 2.75) is 32.4 Å². The van der Waals surface area contributed by atoms with Gasteiger partial charge in [-0.1, -0.05) is 36.7 Å². The van der Waals surface area contributed by atoms with E-state index in [9.17, 15) is 5.11 Å². The van der Waals surface area contributed by atoms with Crippen LogP contribution < -0.4 is 0 Å². The number of nitrogens with zero attached hydrogens (tertiary/aromatic N) is 2. The molecule has 1 heterocycles. The van der Waals surface area contributed by atoms with Gasteiger partial charge in [-0.3, -0.25) is 4.68 Å². The highest BCUT2D eigenvalue weighted by Gasteiger charge is 2.30. The van der Waals surface area contributed by atoms with E-state index in [0.717, 1.165) is 18.7 Å². The summed E-state index contributed by atoms with van der Waals surface area (Å²) in [4.78, 5) is 0. The van der Waals surface area contributed by atoms with Crippen molar-refractivity contribution in [1.29, 1.82) is 0 Å². The Morgan fingerprint density at radius 2 is 2.06 bits per heavy atom. The van der Waals surface area contributed by atoms with Crippen LogP contribution in [0.1, 0.15) is 31.5 Å². The Labute approximate surface area is 112 Å². The summed E-state index contributed by atoms with van der Waals surface area (Å²) < 4.78 is 1.82. The third kappa shape index (κ3) is 2.28. The number of halogens is 1. The van der Waals surface area contributed by atoms with Crippen molar-refractivity contribution < 1.29 is 5.11 Å². The number of hydrogen-bond donors (Lipinski definition) is 1. The van der Waals surface area contributed by atoms with Gasteiger partial charge in [0.15, 0.2) is 0 Å². The smallest absolute Gasteiger partial charge is 0.130 e. The molecule has 0 saturated carbocycles. The molecule has 0 fully saturated rings. The highest BCUT2D eigenvalue weighted by Crippen LogP contribution is 2.33. The number of aromatic nitrogens is 2. The molecule has 96 valence electrons. The molecule has 1 N–H and O–H groups in total. The lowest BCUT2D eigenvalue weighted by Crippen LogP contribution is -2.27. The molecule has 1 atom stereocenters. The van der Waals surface area contributed by atoms with Crippen LogP contribution in [0.15, 0.2) is 36.5 Å². The molecule has 1 unspecified atom stereocenters. The van der Waals surface area contributed by atoms with Crippen molar-refractivity contribution in [2.24, 2.45) is 0 Å². The lowest BCUT2D eigenvalue weighted by atomic mass is 9.92. The van der Waals surface area contributed by atoms with E-state index >= 15 is 0 Å². The third-order valence-corrected chi connectivity index (χ3v) is 3.38. The third-order valence-electron chi connectivity index (χ3n) is 3.05. The molecule has 1 aromatic heterocycles. The summed E-state index contributed by atoms with van der Waals surface area (Å²) in [7, 11) is 0. The lowest BCUT2D eigenvalue weighted by molar-refractivity contribution is 0.0915. The van der Waals surface area contributed by atoms with Gasteiger partial charge < -0.3 is 5.11 Å². The molecule has 0 aliphatic heterocycles. The van der Waals surface area contributed by atoms with E-state index in [4.69, 9.17) is 11.6 Å². The predicted molar refractivity (Wildman–Crippen MR) is 72.6 cm³/mol. The fourth-order valence-corrected chi connectivity index (χ4v) is 2.45. The minimum Gasteiger partial charge on any atom is -0.379 e. The molecular weight excluding hydrogens is 248 g/mol. The molecule has 0 bridgehead atoms. The predicted octanol–water partition coefficient (Wildman–Crippen LogP) is 3.20. The summed E-state index contributed by atoms with van der Waals surface area (Å²) >= 11 is 6.17. The average molecular weight is 265 g/mol. The maximum absolute atomic E-state index is 10.8. The van der Waals surface area contributed by atoms with E-state index in [1.165, 1.54) is 0 Å². The summed E-state index contributed by atoms with van der Waals surface area (Å²) in [6.45, 7) is 4.61. The lowest BCUT2D eigenvalue weighted by Gasteiger charge is -2.26. The van der Waals surface area contributed by atoms with E-state index in [1.807, 2.05) is 28.9 Å². The Morgan fingerprint density at radius 1 is 1.33 bits per heavy atom. The SMILES string of the molecule is CCCn1nccc1C(C)(O)c1ccccc1Cl. The fraction of sp³-hybridized carbons (Fsp3) is 0.357. The van der Waals surface area contributed by atoms with Crippen LogP contribution in [0.25, 0.3) is 0 Å². The first-order chi connectivity index (χ1) is 8.57. The highest BCUT2D eigenvalue weighted by molar-refractivity contribution is 6.31. The van der Waals surface area contributed by atoms with Gasteiger partial charge in [-0.05, 0) is 25.5 Å². The fourth-order valence-electron chi connectivity index (χ4n) is 2.13. The van der Waals surface area contributed by atoms with Crippen LogP contribution in [-0.2, 0) is 12.1 Å². The van der Waals surface area contributed by atoms with Gasteiger partial charge >= 0.3 is 0 Å². The maximum atomic E-state index is 10.8. The molecule has 4 heteroatoms. The van der Waals surface area contributed by atoms with Crippen LogP contribution in [0.5, 0.6) is 0 Å². The summed E-state index contributed by atoms with van der Waals surface area (Å²) in [5.74, 6) is 0. The van der Waals surface area contributed by atoms with Crippen LogP contribution >= 0.6 is 11.6 Å². The molecule has 18 heavy (non-hydrogen) atoms. The van der Waals surface area contributed by atoms with Gasteiger partial charge in [0, 0.05) is 23.3 Å². The molecule has 0 spiro atoms. The number of hydrogen-bond acceptors (Lipinski definition) is 2. The Bertz CT molecular complexity index is 534. The Morgan fingerprint density at radius 3 is 2.72 bits per heavy atom. The average Bonchev–Trinajstić information content (AvgIpc) is 2.79. The highest BCUT2D eigenvalue weighted by atomic mass is 35.5. The number of rotatable bonds is 4. The van der Waals surface area contributed by atoms with E-state index < -0.39 is 5.60 Å². The second-order valence-electron chi connectivity index (χ2n) is 4.49. The minimum absolute atomic E-state index is 0.562. The minimum atomic E-state index is -1.13. The zero-order valence-corrected chi connectivity index (χ0v) is 11.4. The van der Waals surface area contributed by atoms with Crippen molar-refractivity contribution in [3.05, 3.63) is 52.8 Å². The molecular formula is C14H17ClN2O. The second kappa shape index (κ2) is 5.12. The molecule has 1 aromatic carbocycles. The summed E-state index contributed by atoms with van der Waals surface area (Å²) in [5, 5.41) is 15.6. The van der Waals surface area contributed by atoms with Gasteiger partial charge in [0.05, 0.1) is 5.69 Å². The van der Waals surface area contributed by atoms with E-state index in [1.54, 1.807) is 19.2 Å². The summed E-state index contributed by atoms with van der Waals surface area (Å²) in [6, 6.07) is 9.18. The van der Waals surface area contributed by atoms with Crippen molar-refractivity contribution in [3.8, 4) is 0 Å². The van der Waals surface area contributed by atoms with Crippen molar-refractivity contribution >= 4 is 11.6 Å². The zero-order valence-electron chi connectivity index (χ0n) is 10.6.